The zero-order chi connectivity index (χ0) is 16.9. The lowest BCUT2D eigenvalue weighted by Gasteiger charge is -2.30. The summed E-state index contributed by atoms with van der Waals surface area (Å²) in [5, 5.41) is 13.1. The molecule has 24 heavy (non-hydrogen) atoms. The first-order valence-electron chi connectivity index (χ1n) is 7.89. The molecule has 5 nitrogen and oxygen atoms in total. The number of hydrogen-bond acceptors (Lipinski definition) is 3. The summed E-state index contributed by atoms with van der Waals surface area (Å²) in [5.41, 5.74) is 0.558. The van der Waals surface area contributed by atoms with Gasteiger partial charge in [0.15, 0.2) is 5.75 Å². The Balaban J connectivity index is 1.74. The summed E-state index contributed by atoms with van der Waals surface area (Å²) in [6.07, 6.45) is 1.07. The summed E-state index contributed by atoms with van der Waals surface area (Å²) in [6.45, 7) is 0.982. The second kappa shape index (κ2) is 7.55. The number of hydrogen-bond donors (Lipinski definition) is 2. The van der Waals surface area contributed by atoms with Crippen LogP contribution in [0.15, 0.2) is 48.5 Å². The number of urea groups is 1. The van der Waals surface area contributed by atoms with Gasteiger partial charge in [0.1, 0.15) is 5.75 Å². The first kappa shape index (κ1) is 16.6. The maximum Gasteiger partial charge on any atom is 0.322 e. The van der Waals surface area contributed by atoms with Crippen LogP contribution >= 0.6 is 11.6 Å². The molecule has 2 N–H and O–H groups in total. The molecular weight excluding hydrogens is 328 g/mol. The third-order valence-electron chi connectivity index (χ3n) is 3.87. The molecule has 0 spiro atoms. The molecule has 0 radical (unpaired) electrons. The topological polar surface area (TPSA) is 61.8 Å². The fourth-order valence-corrected chi connectivity index (χ4v) is 2.81. The number of aliphatic hydroxyl groups is 1. The molecule has 2 amide bonds. The van der Waals surface area contributed by atoms with Gasteiger partial charge in [-0.15, -0.1) is 0 Å². The van der Waals surface area contributed by atoms with Crippen molar-refractivity contribution in [3.05, 3.63) is 53.6 Å². The van der Waals surface area contributed by atoms with Gasteiger partial charge in [0.05, 0.1) is 16.8 Å². The Morgan fingerprint density at radius 2 is 1.88 bits per heavy atom. The lowest BCUT2D eigenvalue weighted by atomic mass is 10.1. The quantitative estimate of drug-likeness (QED) is 0.878. The number of β-amino-alcohol motifs (C(OH)–C–C–N with tert-alkyl or cyclic N) is 1. The number of aliphatic hydroxyl groups excluding tert-OH is 1. The monoisotopic (exact) mass is 346 g/mol. The average Bonchev–Trinajstić information content (AvgIpc) is 2.58. The number of nitrogens with zero attached hydrogens (tertiary/aromatic N) is 1. The fourth-order valence-electron chi connectivity index (χ4n) is 2.64. The van der Waals surface area contributed by atoms with Gasteiger partial charge >= 0.3 is 6.03 Å². The molecule has 1 fully saturated rings. The molecule has 0 bridgehead atoms. The van der Waals surface area contributed by atoms with Crippen molar-refractivity contribution in [3.63, 3.8) is 0 Å². The number of benzene rings is 2. The summed E-state index contributed by atoms with van der Waals surface area (Å²) in [4.78, 5) is 14.0. The molecule has 2 aromatic rings. The Morgan fingerprint density at radius 3 is 2.62 bits per heavy atom. The van der Waals surface area contributed by atoms with Crippen LogP contribution in [0, 0.1) is 0 Å². The predicted octanol–water partition coefficient (Wildman–Crippen LogP) is 4.12. The van der Waals surface area contributed by atoms with Gasteiger partial charge in [-0.2, -0.15) is 0 Å². The van der Waals surface area contributed by atoms with E-state index < -0.39 is 6.10 Å². The van der Waals surface area contributed by atoms with Crippen molar-refractivity contribution in [3.8, 4) is 11.5 Å². The van der Waals surface area contributed by atoms with Crippen molar-refractivity contribution in [2.75, 3.05) is 18.4 Å². The number of carbonyl (C=O) groups excluding carboxylic acids is 1. The highest BCUT2D eigenvalue weighted by molar-refractivity contribution is 6.32. The normalized spacial score (nSPS) is 17.4. The molecule has 1 aliphatic rings. The summed E-state index contributed by atoms with van der Waals surface area (Å²) in [5.74, 6) is 1.03. The molecule has 1 heterocycles. The molecule has 3 rings (SSSR count). The predicted molar refractivity (Wildman–Crippen MR) is 93.8 cm³/mol. The Labute approximate surface area is 145 Å². The first-order valence-corrected chi connectivity index (χ1v) is 8.26. The van der Waals surface area contributed by atoms with Crippen molar-refractivity contribution in [1.82, 2.24) is 4.90 Å². The van der Waals surface area contributed by atoms with Crippen molar-refractivity contribution in [2.45, 2.75) is 18.9 Å². The zero-order valence-corrected chi connectivity index (χ0v) is 13.9. The van der Waals surface area contributed by atoms with E-state index >= 15 is 0 Å². The van der Waals surface area contributed by atoms with Crippen LogP contribution in [0.5, 0.6) is 11.5 Å². The highest BCUT2D eigenvalue weighted by atomic mass is 35.5. The van der Waals surface area contributed by atoms with Crippen LogP contribution in [-0.2, 0) is 0 Å². The van der Waals surface area contributed by atoms with Crippen LogP contribution in [0.2, 0.25) is 5.02 Å². The maximum atomic E-state index is 12.4. The maximum absolute atomic E-state index is 12.4. The Bertz CT molecular complexity index is 723. The molecule has 0 aromatic heterocycles. The lowest BCUT2D eigenvalue weighted by molar-refractivity contribution is 0.0883. The molecule has 2 aromatic carbocycles. The highest BCUT2D eigenvalue weighted by Crippen LogP contribution is 2.33. The van der Waals surface area contributed by atoms with Crippen LogP contribution in [0.3, 0.4) is 0 Å². The Kier molecular flexibility index (Phi) is 5.23. The van der Waals surface area contributed by atoms with Gasteiger partial charge in [0, 0.05) is 13.1 Å². The van der Waals surface area contributed by atoms with Crippen molar-refractivity contribution < 1.29 is 14.6 Å². The summed E-state index contributed by atoms with van der Waals surface area (Å²) < 4.78 is 5.84. The second-order valence-corrected chi connectivity index (χ2v) is 6.11. The minimum Gasteiger partial charge on any atom is -0.454 e. The van der Waals surface area contributed by atoms with Gasteiger partial charge < -0.3 is 20.1 Å². The molecule has 1 aliphatic heterocycles. The van der Waals surface area contributed by atoms with Gasteiger partial charge in [0.25, 0.3) is 0 Å². The first-order chi connectivity index (χ1) is 11.6. The van der Waals surface area contributed by atoms with Crippen LogP contribution < -0.4 is 10.1 Å². The van der Waals surface area contributed by atoms with Crippen LogP contribution in [0.1, 0.15) is 12.8 Å². The summed E-state index contributed by atoms with van der Waals surface area (Å²) in [6, 6.07) is 14.1. The van der Waals surface area contributed by atoms with Crippen molar-refractivity contribution in [1.29, 1.82) is 0 Å². The number of piperidine rings is 1. The largest absolute Gasteiger partial charge is 0.454 e. The minimum absolute atomic E-state index is 0.246. The highest BCUT2D eigenvalue weighted by Gasteiger charge is 2.22. The zero-order valence-electron chi connectivity index (χ0n) is 13.1. The van der Waals surface area contributed by atoms with Gasteiger partial charge in [0.2, 0.25) is 0 Å². The molecule has 1 atom stereocenters. The average molecular weight is 347 g/mol. The summed E-state index contributed by atoms with van der Waals surface area (Å²) >= 11 is 6.12. The number of anilines is 1. The number of halogens is 1. The van der Waals surface area contributed by atoms with Gasteiger partial charge in [-0.3, -0.25) is 0 Å². The van der Waals surface area contributed by atoms with E-state index in [4.69, 9.17) is 16.3 Å². The van der Waals surface area contributed by atoms with Crippen molar-refractivity contribution >= 4 is 23.3 Å². The van der Waals surface area contributed by atoms with E-state index in [-0.39, 0.29) is 6.03 Å². The van der Waals surface area contributed by atoms with Gasteiger partial charge in [-0.25, -0.2) is 4.79 Å². The number of amides is 2. The molecular formula is C18H19ClN2O3. The molecule has 0 saturated carbocycles. The number of nitrogens with one attached hydrogen (secondary N) is 1. The number of likely N-dealkylation sites (tertiary alicyclic amines) is 1. The van der Waals surface area contributed by atoms with E-state index in [0.717, 1.165) is 12.8 Å². The molecule has 1 saturated heterocycles. The third kappa shape index (κ3) is 3.99. The fraction of sp³-hybridized carbons (Fsp3) is 0.278. The van der Waals surface area contributed by atoms with E-state index in [1.807, 2.05) is 24.3 Å². The van der Waals surface area contributed by atoms with E-state index in [1.165, 1.54) is 0 Å². The number of rotatable bonds is 3. The standard InChI is InChI=1S/C18H19ClN2O3/c19-14-7-1-3-9-16(14)24-17-10-4-2-8-15(17)20-18(23)21-11-5-6-13(22)12-21/h1-4,7-10,13,22H,5-6,11-12H2,(H,20,23). The molecule has 0 aliphatic carbocycles. The smallest absolute Gasteiger partial charge is 0.322 e. The van der Waals surface area contributed by atoms with Gasteiger partial charge in [-0.1, -0.05) is 35.9 Å². The van der Waals surface area contributed by atoms with Crippen LogP contribution in [0.4, 0.5) is 10.5 Å². The Morgan fingerprint density at radius 1 is 1.17 bits per heavy atom. The van der Waals surface area contributed by atoms with E-state index in [9.17, 15) is 9.90 Å². The second-order valence-electron chi connectivity index (χ2n) is 5.70. The van der Waals surface area contributed by atoms with Crippen LogP contribution in [-0.4, -0.2) is 35.2 Å². The Hall–Kier alpha value is -2.24. The van der Waals surface area contributed by atoms with Gasteiger partial charge in [-0.05, 0) is 37.1 Å². The summed E-state index contributed by atoms with van der Waals surface area (Å²) in [7, 11) is 0. The van der Waals surface area contributed by atoms with E-state index in [1.54, 1.807) is 29.2 Å². The molecule has 1 unspecified atom stereocenters. The minimum atomic E-state index is -0.459. The van der Waals surface area contributed by atoms with E-state index in [2.05, 4.69) is 5.32 Å². The van der Waals surface area contributed by atoms with E-state index in [0.29, 0.717) is 35.3 Å². The van der Waals surface area contributed by atoms with Crippen molar-refractivity contribution in [2.24, 2.45) is 0 Å². The number of carbonyl (C=O) groups is 1. The lowest BCUT2D eigenvalue weighted by Crippen LogP contribution is -2.44. The molecule has 6 heteroatoms. The number of para-hydroxylation sites is 3. The third-order valence-corrected chi connectivity index (χ3v) is 4.18. The molecule has 126 valence electrons. The number of ether oxygens (including phenoxy) is 1. The van der Waals surface area contributed by atoms with Crippen LogP contribution in [0.25, 0.3) is 0 Å². The SMILES string of the molecule is O=C(Nc1ccccc1Oc1ccccc1Cl)N1CCCC(O)C1.